The maximum atomic E-state index is 11.2. The molecule has 0 aliphatic heterocycles. The minimum Gasteiger partial charge on any atom is -0.449 e. The Morgan fingerprint density at radius 1 is 1.53 bits per heavy atom. The van der Waals surface area contributed by atoms with E-state index in [1.165, 1.54) is 0 Å². The first-order chi connectivity index (χ1) is 7.22. The molecule has 0 aliphatic rings. The number of aryl methyl sites for hydroxylation is 1. The number of carbonyl (C=O) groups is 1. The van der Waals surface area contributed by atoms with Crippen molar-refractivity contribution >= 4 is 11.9 Å². The van der Waals surface area contributed by atoms with Gasteiger partial charge in [0.15, 0.2) is 0 Å². The second-order valence-electron chi connectivity index (χ2n) is 3.34. The van der Waals surface area contributed by atoms with Gasteiger partial charge in [0.05, 0.1) is 6.61 Å². The summed E-state index contributed by atoms with van der Waals surface area (Å²) in [6.07, 6.45) is 3.15. The molecule has 0 atom stereocenters. The van der Waals surface area contributed by atoms with E-state index in [0.717, 1.165) is 18.4 Å². The number of unbranched alkanes of at least 4 members (excludes halogenated alkanes) is 1. The van der Waals surface area contributed by atoms with Crippen LogP contribution in [0.5, 0.6) is 0 Å². The van der Waals surface area contributed by atoms with Gasteiger partial charge in [0, 0.05) is 6.20 Å². The van der Waals surface area contributed by atoms with E-state index in [0.29, 0.717) is 12.4 Å². The molecule has 0 aromatic carbocycles. The zero-order valence-electron chi connectivity index (χ0n) is 9.12. The molecule has 15 heavy (non-hydrogen) atoms. The fourth-order valence-corrected chi connectivity index (χ4v) is 0.992. The van der Waals surface area contributed by atoms with Gasteiger partial charge in [-0.15, -0.1) is 0 Å². The van der Waals surface area contributed by atoms with Gasteiger partial charge >= 0.3 is 6.09 Å². The van der Waals surface area contributed by atoms with Crippen LogP contribution in [0.4, 0.5) is 10.6 Å². The van der Waals surface area contributed by atoms with Crippen LogP contribution in [0.25, 0.3) is 0 Å². The molecule has 82 valence electrons. The SMILES string of the molecule is CCCCOC(=O)Nc1ccc(C)cn1. The maximum absolute atomic E-state index is 11.2. The van der Waals surface area contributed by atoms with Crippen LogP contribution in [-0.4, -0.2) is 17.7 Å². The van der Waals surface area contributed by atoms with Crippen LogP contribution in [0.3, 0.4) is 0 Å². The van der Waals surface area contributed by atoms with Crippen molar-refractivity contribution in [2.45, 2.75) is 26.7 Å². The highest BCUT2D eigenvalue weighted by Crippen LogP contribution is 2.04. The first-order valence-corrected chi connectivity index (χ1v) is 5.09. The van der Waals surface area contributed by atoms with Crippen LogP contribution in [-0.2, 0) is 4.74 Å². The summed E-state index contributed by atoms with van der Waals surface area (Å²) in [4.78, 5) is 15.2. The molecule has 1 N–H and O–H groups in total. The number of carbonyl (C=O) groups excluding carboxylic acids is 1. The standard InChI is InChI=1S/C11H16N2O2/c1-3-4-7-15-11(14)13-10-6-5-9(2)8-12-10/h5-6,8H,3-4,7H2,1-2H3,(H,12,13,14). The number of nitrogens with zero attached hydrogens (tertiary/aromatic N) is 1. The van der Waals surface area contributed by atoms with E-state index in [4.69, 9.17) is 4.74 Å². The average Bonchev–Trinajstić information content (AvgIpc) is 2.22. The first-order valence-electron chi connectivity index (χ1n) is 5.09. The molecule has 1 aromatic heterocycles. The van der Waals surface area contributed by atoms with Gasteiger partial charge < -0.3 is 4.74 Å². The Bertz CT molecular complexity index is 309. The molecule has 0 spiro atoms. The van der Waals surface area contributed by atoms with Crippen molar-refractivity contribution in [2.24, 2.45) is 0 Å². The predicted octanol–water partition coefficient (Wildman–Crippen LogP) is 2.74. The summed E-state index contributed by atoms with van der Waals surface area (Å²) in [6.45, 7) is 4.44. The van der Waals surface area contributed by atoms with Crippen molar-refractivity contribution < 1.29 is 9.53 Å². The lowest BCUT2D eigenvalue weighted by Crippen LogP contribution is -2.15. The second kappa shape index (κ2) is 6.01. The van der Waals surface area contributed by atoms with Crippen LogP contribution >= 0.6 is 0 Å². The van der Waals surface area contributed by atoms with Gasteiger partial charge in [-0.25, -0.2) is 9.78 Å². The van der Waals surface area contributed by atoms with E-state index in [1.54, 1.807) is 12.3 Å². The highest BCUT2D eigenvalue weighted by atomic mass is 16.5. The Kier molecular flexibility index (Phi) is 4.60. The van der Waals surface area contributed by atoms with Crippen LogP contribution in [0.2, 0.25) is 0 Å². The second-order valence-corrected chi connectivity index (χ2v) is 3.34. The number of hydrogen-bond donors (Lipinski definition) is 1. The molecular weight excluding hydrogens is 192 g/mol. The summed E-state index contributed by atoms with van der Waals surface area (Å²) < 4.78 is 4.93. The molecule has 0 aliphatic carbocycles. The van der Waals surface area contributed by atoms with Gasteiger partial charge in [-0.2, -0.15) is 0 Å². The molecule has 1 aromatic rings. The molecule has 4 heteroatoms. The van der Waals surface area contributed by atoms with Crippen LogP contribution in [0.1, 0.15) is 25.3 Å². The molecule has 0 saturated heterocycles. The molecule has 0 bridgehead atoms. The number of anilines is 1. The predicted molar refractivity (Wildman–Crippen MR) is 58.9 cm³/mol. The fourth-order valence-electron chi connectivity index (χ4n) is 0.992. The molecule has 1 rings (SSSR count). The van der Waals surface area contributed by atoms with Crippen LogP contribution < -0.4 is 5.32 Å². The lowest BCUT2D eigenvalue weighted by atomic mass is 10.3. The average molecular weight is 208 g/mol. The number of rotatable bonds is 4. The summed E-state index contributed by atoms with van der Waals surface area (Å²) in [7, 11) is 0. The van der Waals surface area contributed by atoms with Crippen molar-refractivity contribution in [1.82, 2.24) is 4.98 Å². The molecule has 1 heterocycles. The fraction of sp³-hybridized carbons (Fsp3) is 0.455. The highest BCUT2D eigenvalue weighted by molar-refractivity contribution is 5.83. The Hall–Kier alpha value is -1.58. The Balaban J connectivity index is 2.34. The quantitative estimate of drug-likeness (QED) is 0.774. The summed E-state index contributed by atoms with van der Waals surface area (Å²) in [5.74, 6) is 0.516. The van der Waals surface area contributed by atoms with Crippen LogP contribution in [0.15, 0.2) is 18.3 Å². The lowest BCUT2D eigenvalue weighted by Gasteiger charge is -2.05. The number of pyridine rings is 1. The minimum absolute atomic E-state index is 0.445. The molecular formula is C11H16N2O2. The molecule has 0 radical (unpaired) electrons. The van der Waals surface area contributed by atoms with E-state index in [-0.39, 0.29) is 0 Å². The lowest BCUT2D eigenvalue weighted by molar-refractivity contribution is 0.160. The summed E-state index contributed by atoms with van der Waals surface area (Å²) in [5.41, 5.74) is 1.06. The first kappa shape index (κ1) is 11.5. The van der Waals surface area contributed by atoms with Gasteiger partial charge in [0.1, 0.15) is 5.82 Å². The van der Waals surface area contributed by atoms with Crippen molar-refractivity contribution in [3.63, 3.8) is 0 Å². The highest BCUT2D eigenvalue weighted by Gasteiger charge is 2.02. The third-order valence-electron chi connectivity index (χ3n) is 1.87. The van der Waals surface area contributed by atoms with Gasteiger partial charge in [-0.1, -0.05) is 19.4 Å². The molecule has 0 unspecified atom stereocenters. The van der Waals surface area contributed by atoms with Gasteiger partial charge in [0.2, 0.25) is 0 Å². The molecule has 0 saturated carbocycles. The minimum atomic E-state index is -0.445. The maximum Gasteiger partial charge on any atom is 0.412 e. The molecule has 1 amide bonds. The molecule has 0 fully saturated rings. The zero-order chi connectivity index (χ0) is 11.1. The van der Waals surface area contributed by atoms with Crippen molar-refractivity contribution in [1.29, 1.82) is 0 Å². The smallest absolute Gasteiger partial charge is 0.412 e. The van der Waals surface area contributed by atoms with Gasteiger partial charge in [-0.05, 0) is 25.0 Å². The van der Waals surface area contributed by atoms with E-state index in [1.807, 2.05) is 19.9 Å². The third kappa shape index (κ3) is 4.44. The van der Waals surface area contributed by atoms with E-state index < -0.39 is 6.09 Å². The van der Waals surface area contributed by atoms with E-state index in [2.05, 4.69) is 10.3 Å². The van der Waals surface area contributed by atoms with Crippen molar-refractivity contribution in [2.75, 3.05) is 11.9 Å². The van der Waals surface area contributed by atoms with Gasteiger partial charge in [-0.3, -0.25) is 5.32 Å². The van der Waals surface area contributed by atoms with Crippen LogP contribution in [0, 0.1) is 6.92 Å². The van der Waals surface area contributed by atoms with Crippen molar-refractivity contribution in [3.8, 4) is 0 Å². The van der Waals surface area contributed by atoms with E-state index in [9.17, 15) is 4.79 Å². The Morgan fingerprint density at radius 2 is 2.33 bits per heavy atom. The molecule has 4 nitrogen and oxygen atoms in total. The normalized spacial score (nSPS) is 9.73. The summed E-state index contributed by atoms with van der Waals surface area (Å²) in [6, 6.07) is 3.63. The van der Waals surface area contributed by atoms with E-state index >= 15 is 0 Å². The number of amides is 1. The Labute approximate surface area is 89.7 Å². The number of nitrogens with one attached hydrogen (secondary N) is 1. The zero-order valence-corrected chi connectivity index (χ0v) is 9.12. The monoisotopic (exact) mass is 208 g/mol. The van der Waals surface area contributed by atoms with Gasteiger partial charge in [0.25, 0.3) is 0 Å². The largest absolute Gasteiger partial charge is 0.449 e. The Morgan fingerprint density at radius 3 is 2.93 bits per heavy atom. The number of ether oxygens (including phenoxy) is 1. The number of hydrogen-bond acceptors (Lipinski definition) is 3. The summed E-state index contributed by atoms with van der Waals surface area (Å²) in [5, 5.41) is 2.56. The number of aromatic nitrogens is 1. The topological polar surface area (TPSA) is 51.2 Å². The van der Waals surface area contributed by atoms with Crippen molar-refractivity contribution in [3.05, 3.63) is 23.9 Å². The summed E-state index contributed by atoms with van der Waals surface area (Å²) >= 11 is 0. The third-order valence-corrected chi connectivity index (χ3v) is 1.87.